The molecule has 0 bridgehead atoms. The van der Waals surface area contributed by atoms with E-state index in [-0.39, 0.29) is 17.7 Å². The van der Waals surface area contributed by atoms with Crippen LogP contribution in [-0.4, -0.2) is 53.7 Å². The van der Waals surface area contributed by atoms with Gasteiger partial charge < -0.3 is 9.80 Å². The molecular weight excluding hydrogens is 228 g/mol. The Labute approximate surface area is 102 Å². The molecule has 1 fully saturated rings. The van der Waals surface area contributed by atoms with E-state index in [9.17, 15) is 9.59 Å². The van der Waals surface area contributed by atoms with Gasteiger partial charge in [-0.05, 0) is 19.3 Å². The maximum absolute atomic E-state index is 11.4. The number of halogens is 1. The van der Waals surface area contributed by atoms with Gasteiger partial charge in [-0.1, -0.05) is 0 Å². The van der Waals surface area contributed by atoms with E-state index in [1.54, 1.807) is 11.8 Å². The van der Waals surface area contributed by atoms with E-state index in [1.165, 1.54) is 0 Å². The second kappa shape index (κ2) is 6.09. The van der Waals surface area contributed by atoms with Crippen LogP contribution in [0.2, 0.25) is 0 Å². The molecule has 5 heteroatoms. The van der Waals surface area contributed by atoms with Crippen LogP contribution in [-0.2, 0) is 9.59 Å². The molecule has 0 radical (unpaired) electrons. The Morgan fingerprint density at radius 1 is 1.50 bits per heavy atom. The third-order valence-corrected chi connectivity index (χ3v) is 3.29. The van der Waals surface area contributed by atoms with E-state index >= 15 is 0 Å². The zero-order chi connectivity index (χ0) is 12.1. The number of nitrogens with zero attached hydrogens (tertiary/aromatic N) is 2. The van der Waals surface area contributed by atoms with Gasteiger partial charge in [-0.3, -0.25) is 9.59 Å². The van der Waals surface area contributed by atoms with Gasteiger partial charge in [0.2, 0.25) is 11.8 Å². The highest BCUT2D eigenvalue weighted by atomic mass is 35.5. The zero-order valence-electron chi connectivity index (χ0n) is 9.91. The number of carbonyl (C=O) groups is 2. The van der Waals surface area contributed by atoms with Gasteiger partial charge in [-0.25, -0.2) is 0 Å². The second-order valence-corrected chi connectivity index (χ2v) is 4.45. The average Bonchev–Trinajstić information content (AvgIpc) is 2.72. The van der Waals surface area contributed by atoms with Crippen molar-refractivity contribution >= 4 is 23.4 Å². The molecule has 1 aliphatic heterocycles. The highest BCUT2D eigenvalue weighted by molar-refractivity contribution is 6.27. The lowest BCUT2D eigenvalue weighted by Crippen LogP contribution is -2.35. The van der Waals surface area contributed by atoms with Crippen LogP contribution in [0.5, 0.6) is 0 Å². The van der Waals surface area contributed by atoms with Crippen molar-refractivity contribution in [1.82, 2.24) is 9.80 Å². The number of hydrogen-bond acceptors (Lipinski definition) is 2. The molecule has 4 nitrogen and oxygen atoms in total. The lowest BCUT2D eigenvalue weighted by Gasteiger charge is -2.23. The summed E-state index contributed by atoms with van der Waals surface area (Å²) in [6.07, 6.45) is 0.965. The monoisotopic (exact) mass is 246 g/mol. The number of alkyl halides is 1. The molecule has 0 aromatic heterocycles. The van der Waals surface area contributed by atoms with Crippen LogP contribution in [0.3, 0.4) is 0 Å². The Balaban J connectivity index is 2.41. The predicted octanol–water partition coefficient (Wildman–Crippen LogP) is 0.942. The quantitative estimate of drug-likeness (QED) is 0.693. The summed E-state index contributed by atoms with van der Waals surface area (Å²) in [5, 5.41) is 0. The van der Waals surface area contributed by atoms with Crippen molar-refractivity contribution in [1.29, 1.82) is 0 Å². The third kappa shape index (κ3) is 3.37. The first-order valence-electron chi connectivity index (χ1n) is 5.67. The van der Waals surface area contributed by atoms with Crippen molar-refractivity contribution in [3.8, 4) is 0 Å². The molecule has 1 aliphatic rings. The lowest BCUT2D eigenvalue weighted by atomic mass is 10.1. The Morgan fingerprint density at radius 3 is 2.69 bits per heavy atom. The lowest BCUT2D eigenvalue weighted by molar-refractivity contribution is -0.129. The Morgan fingerprint density at radius 2 is 2.19 bits per heavy atom. The number of likely N-dealkylation sites (tertiary alicyclic amines) is 1. The smallest absolute Gasteiger partial charge is 0.237 e. The summed E-state index contributed by atoms with van der Waals surface area (Å²) in [5.41, 5.74) is 0. The SMILES string of the molecule is CCN(C[C@H]1CCN(C(=O)CCl)C1)C(C)=O. The van der Waals surface area contributed by atoms with E-state index in [2.05, 4.69) is 0 Å². The van der Waals surface area contributed by atoms with Crippen LogP contribution in [0.1, 0.15) is 20.3 Å². The van der Waals surface area contributed by atoms with E-state index in [0.717, 1.165) is 32.6 Å². The largest absolute Gasteiger partial charge is 0.343 e. The molecule has 1 saturated heterocycles. The summed E-state index contributed by atoms with van der Waals surface area (Å²) in [4.78, 5) is 26.2. The van der Waals surface area contributed by atoms with Crippen LogP contribution in [0.25, 0.3) is 0 Å². The summed E-state index contributed by atoms with van der Waals surface area (Å²) in [7, 11) is 0. The maximum Gasteiger partial charge on any atom is 0.237 e. The standard InChI is InChI=1S/C11H19ClN2O2/c1-3-13(9(2)15)7-10-4-5-14(8-10)11(16)6-12/h10H,3-8H2,1-2H3/t10-/m1/s1. The minimum absolute atomic E-state index is 0.00459. The molecule has 0 aromatic carbocycles. The molecule has 0 N–H and O–H groups in total. The van der Waals surface area contributed by atoms with Gasteiger partial charge in [0, 0.05) is 33.1 Å². The van der Waals surface area contributed by atoms with Crippen molar-refractivity contribution < 1.29 is 9.59 Å². The minimum Gasteiger partial charge on any atom is -0.343 e. The molecule has 92 valence electrons. The molecule has 1 rings (SSSR count). The van der Waals surface area contributed by atoms with E-state index in [4.69, 9.17) is 11.6 Å². The van der Waals surface area contributed by atoms with Gasteiger partial charge in [-0.15, -0.1) is 11.6 Å². The van der Waals surface area contributed by atoms with Crippen molar-refractivity contribution in [2.45, 2.75) is 20.3 Å². The zero-order valence-corrected chi connectivity index (χ0v) is 10.7. The van der Waals surface area contributed by atoms with Crippen molar-refractivity contribution in [3.63, 3.8) is 0 Å². The van der Waals surface area contributed by atoms with Gasteiger partial charge in [0.15, 0.2) is 0 Å². The molecule has 0 spiro atoms. The van der Waals surface area contributed by atoms with E-state index in [1.807, 2.05) is 11.8 Å². The minimum atomic E-state index is -0.00459. The summed E-state index contributed by atoms with van der Waals surface area (Å²) in [6, 6.07) is 0. The summed E-state index contributed by atoms with van der Waals surface area (Å²) < 4.78 is 0. The van der Waals surface area contributed by atoms with Crippen molar-refractivity contribution in [2.75, 3.05) is 32.1 Å². The highest BCUT2D eigenvalue weighted by Gasteiger charge is 2.27. The Bertz CT molecular complexity index is 271. The Kier molecular flexibility index (Phi) is 5.06. The topological polar surface area (TPSA) is 40.6 Å². The number of rotatable bonds is 4. The number of carbonyl (C=O) groups excluding carboxylic acids is 2. The van der Waals surface area contributed by atoms with Crippen molar-refractivity contribution in [2.24, 2.45) is 5.92 Å². The normalized spacial score (nSPS) is 19.9. The first-order valence-corrected chi connectivity index (χ1v) is 6.21. The molecule has 0 aromatic rings. The van der Waals surface area contributed by atoms with Gasteiger partial charge in [0.25, 0.3) is 0 Å². The fourth-order valence-corrected chi connectivity index (χ4v) is 2.25. The first kappa shape index (κ1) is 13.3. The molecule has 2 amide bonds. The number of hydrogen-bond donors (Lipinski definition) is 0. The fourth-order valence-electron chi connectivity index (χ4n) is 2.08. The molecule has 0 unspecified atom stereocenters. The van der Waals surface area contributed by atoms with Crippen molar-refractivity contribution in [3.05, 3.63) is 0 Å². The fraction of sp³-hybridized carbons (Fsp3) is 0.818. The van der Waals surface area contributed by atoms with E-state index < -0.39 is 0 Å². The maximum atomic E-state index is 11.4. The molecule has 0 saturated carbocycles. The number of amides is 2. The van der Waals surface area contributed by atoms with Gasteiger partial charge in [-0.2, -0.15) is 0 Å². The Hall–Kier alpha value is -0.770. The van der Waals surface area contributed by atoms with Gasteiger partial charge in [0.05, 0.1) is 0 Å². The molecular formula is C11H19ClN2O2. The van der Waals surface area contributed by atoms with Crippen LogP contribution in [0.4, 0.5) is 0 Å². The van der Waals surface area contributed by atoms with Crippen LogP contribution in [0, 0.1) is 5.92 Å². The summed E-state index contributed by atoms with van der Waals surface area (Å²) in [6.45, 7) is 6.53. The van der Waals surface area contributed by atoms with E-state index in [0.29, 0.717) is 5.92 Å². The predicted molar refractivity (Wildman–Crippen MR) is 63.3 cm³/mol. The summed E-state index contributed by atoms with van der Waals surface area (Å²) in [5.74, 6) is 0.548. The summed E-state index contributed by atoms with van der Waals surface area (Å²) >= 11 is 5.51. The average molecular weight is 247 g/mol. The van der Waals surface area contributed by atoms with Crippen LogP contribution in [0.15, 0.2) is 0 Å². The third-order valence-electron chi connectivity index (χ3n) is 3.06. The van der Waals surface area contributed by atoms with Gasteiger partial charge in [0.1, 0.15) is 5.88 Å². The van der Waals surface area contributed by atoms with Crippen LogP contribution < -0.4 is 0 Å². The van der Waals surface area contributed by atoms with Gasteiger partial charge >= 0.3 is 0 Å². The molecule has 1 heterocycles. The first-order chi connectivity index (χ1) is 7.58. The van der Waals surface area contributed by atoms with Crippen LogP contribution >= 0.6 is 11.6 Å². The highest BCUT2D eigenvalue weighted by Crippen LogP contribution is 2.17. The molecule has 16 heavy (non-hydrogen) atoms. The molecule has 0 aliphatic carbocycles. The second-order valence-electron chi connectivity index (χ2n) is 4.19. The molecule has 1 atom stereocenters.